The van der Waals surface area contributed by atoms with E-state index in [0.29, 0.717) is 45.7 Å². The van der Waals surface area contributed by atoms with E-state index >= 15 is 0 Å². The van der Waals surface area contributed by atoms with Crippen molar-refractivity contribution in [2.75, 3.05) is 10.6 Å². The molecule has 3 aromatic heterocycles. The van der Waals surface area contributed by atoms with E-state index in [2.05, 4.69) is 15.6 Å². The SMILES string of the molecule is Fc1ccc(Nc2nccc(-c3c(-c4ccc(F)cc4)nn4c(Nc5ccc(F)cc5)cccc34)n2)cc1. The molecule has 0 spiro atoms. The Morgan fingerprint density at radius 2 is 1.24 bits per heavy atom. The number of rotatable bonds is 6. The smallest absolute Gasteiger partial charge is 0.227 e. The first-order valence-electron chi connectivity index (χ1n) is 11.7. The maximum absolute atomic E-state index is 13.7. The van der Waals surface area contributed by atoms with E-state index in [1.54, 1.807) is 53.2 Å². The van der Waals surface area contributed by atoms with Crippen molar-refractivity contribution in [1.29, 1.82) is 0 Å². The summed E-state index contributed by atoms with van der Waals surface area (Å²) in [5.41, 5.74) is 4.64. The third-order valence-electron chi connectivity index (χ3n) is 5.90. The second-order valence-electron chi connectivity index (χ2n) is 8.47. The molecule has 0 radical (unpaired) electrons. The van der Waals surface area contributed by atoms with Gasteiger partial charge >= 0.3 is 0 Å². The van der Waals surface area contributed by atoms with Crippen LogP contribution in [0.2, 0.25) is 0 Å². The predicted octanol–water partition coefficient (Wildman–Crippen LogP) is 7.36. The molecule has 0 bridgehead atoms. The lowest BCUT2D eigenvalue weighted by Gasteiger charge is -2.09. The Morgan fingerprint density at radius 3 is 1.89 bits per heavy atom. The topological polar surface area (TPSA) is 67.1 Å². The summed E-state index contributed by atoms with van der Waals surface area (Å²) in [6.07, 6.45) is 1.62. The lowest BCUT2D eigenvalue weighted by Crippen LogP contribution is -2.00. The van der Waals surface area contributed by atoms with E-state index in [0.717, 1.165) is 5.52 Å². The van der Waals surface area contributed by atoms with Crippen molar-refractivity contribution in [3.8, 4) is 22.5 Å². The predicted molar refractivity (Wildman–Crippen MR) is 141 cm³/mol. The molecule has 3 heterocycles. The summed E-state index contributed by atoms with van der Waals surface area (Å²) in [7, 11) is 0. The summed E-state index contributed by atoms with van der Waals surface area (Å²) in [6, 6.07) is 25.4. The molecule has 6 rings (SSSR count). The van der Waals surface area contributed by atoms with Gasteiger partial charge in [0.2, 0.25) is 5.95 Å². The van der Waals surface area contributed by atoms with Gasteiger partial charge in [0.15, 0.2) is 0 Å². The number of pyridine rings is 1. The van der Waals surface area contributed by atoms with Gasteiger partial charge in [-0.1, -0.05) is 6.07 Å². The highest BCUT2D eigenvalue weighted by Crippen LogP contribution is 2.36. The standard InChI is InChI=1S/C29H19F3N6/c30-19-6-4-18(5-7-19)28-27(24-16-17-33-29(36-24)35-23-14-10-21(32)11-15-23)25-2-1-3-26(38(25)37-28)34-22-12-8-20(31)9-13-22/h1-17,34H,(H,33,35,36). The van der Waals surface area contributed by atoms with Gasteiger partial charge in [-0.2, -0.15) is 5.10 Å². The molecular formula is C29H19F3N6. The second-order valence-corrected chi connectivity index (χ2v) is 8.47. The molecule has 0 amide bonds. The number of hydrogen-bond acceptors (Lipinski definition) is 5. The van der Waals surface area contributed by atoms with Gasteiger partial charge < -0.3 is 10.6 Å². The number of hydrogen-bond donors (Lipinski definition) is 2. The highest BCUT2D eigenvalue weighted by Gasteiger charge is 2.20. The largest absolute Gasteiger partial charge is 0.340 e. The van der Waals surface area contributed by atoms with Gasteiger partial charge in [0.05, 0.1) is 16.8 Å². The Labute approximate surface area is 215 Å². The van der Waals surface area contributed by atoms with Crippen molar-refractivity contribution < 1.29 is 13.2 Å². The molecule has 0 saturated heterocycles. The molecule has 186 valence electrons. The van der Waals surface area contributed by atoms with Gasteiger partial charge in [0, 0.05) is 23.1 Å². The van der Waals surface area contributed by atoms with Crippen LogP contribution in [-0.4, -0.2) is 19.6 Å². The van der Waals surface area contributed by atoms with Crippen molar-refractivity contribution in [3.05, 3.63) is 121 Å². The Morgan fingerprint density at radius 1 is 0.632 bits per heavy atom. The van der Waals surface area contributed by atoms with Gasteiger partial charge in [-0.05, 0) is 91.0 Å². The molecule has 38 heavy (non-hydrogen) atoms. The summed E-state index contributed by atoms with van der Waals surface area (Å²) in [4.78, 5) is 9.01. The van der Waals surface area contributed by atoms with Crippen molar-refractivity contribution in [2.45, 2.75) is 0 Å². The molecule has 0 unspecified atom stereocenters. The van der Waals surface area contributed by atoms with Crippen LogP contribution in [0, 0.1) is 17.5 Å². The lowest BCUT2D eigenvalue weighted by atomic mass is 10.0. The van der Waals surface area contributed by atoms with E-state index in [-0.39, 0.29) is 17.5 Å². The maximum Gasteiger partial charge on any atom is 0.227 e. The summed E-state index contributed by atoms with van der Waals surface area (Å²) in [5.74, 6) is -0.0693. The third-order valence-corrected chi connectivity index (χ3v) is 5.90. The van der Waals surface area contributed by atoms with E-state index in [4.69, 9.17) is 10.1 Å². The number of fused-ring (bicyclic) bond motifs is 1. The molecule has 6 aromatic rings. The van der Waals surface area contributed by atoms with Crippen LogP contribution in [0.5, 0.6) is 0 Å². The van der Waals surface area contributed by atoms with E-state index in [1.807, 2.05) is 18.2 Å². The number of nitrogens with zero attached hydrogens (tertiary/aromatic N) is 4. The van der Waals surface area contributed by atoms with E-state index < -0.39 is 0 Å². The van der Waals surface area contributed by atoms with E-state index in [1.165, 1.54) is 36.4 Å². The minimum absolute atomic E-state index is 0.319. The fourth-order valence-corrected chi connectivity index (χ4v) is 4.13. The zero-order valence-electron chi connectivity index (χ0n) is 19.7. The number of benzene rings is 3. The molecule has 2 N–H and O–H groups in total. The molecule has 0 aliphatic carbocycles. The van der Waals surface area contributed by atoms with Crippen LogP contribution < -0.4 is 10.6 Å². The Balaban J connectivity index is 1.48. The molecule has 0 saturated carbocycles. The van der Waals surface area contributed by atoms with Crippen LogP contribution in [0.3, 0.4) is 0 Å². The molecule has 9 heteroatoms. The number of nitrogens with one attached hydrogen (secondary N) is 2. The summed E-state index contributed by atoms with van der Waals surface area (Å²) >= 11 is 0. The van der Waals surface area contributed by atoms with Gasteiger partial charge in [-0.15, -0.1) is 0 Å². The monoisotopic (exact) mass is 508 g/mol. The first-order chi connectivity index (χ1) is 18.5. The minimum Gasteiger partial charge on any atom is -0.340 e. The average molecular weight is 509 g/mol. The van der Waals surface area contributed by atoms with Gasteiger partial charge in [-0.25, -0.2) is 27.7 Å². The molecule has 0 aliphatic heterocycles. The van der Waals surface area contributed by atoms with Crippen molar-refractivity contribution in [3.63, 3.8) is 0 Å². The average Bonchev–Trinajstić information content (AvgIpc) is 3.32. The van der Waals surface area contributed by atoms with Crippen molar-refractivity contribution in [2.24, 2.45) is 0 Å². The fourth-order valence-electron chi connectivity index (χ4n) is 4.13. The van der Waals surface area contributed by atoms with Crippen LogP contribution in [0.15, 0.2) is 103 Å². The maximum atomic E-state index is 13.7. The number of anilines is 4. The second kappa shape index (κ2) is 9.70. The Hall–Kier alpha value is -5.18. The Bertz CT molecular complexity index is 1730. The third kappa shape index (κ3) is 4.64. The van der Waals surface area contributed by atoms with Crippen LogP contribution in [0.1, 0.15) is 0 Å². The first-order valence-corrected chi connectivity index (χ1v) is 11.7. The minimum atomic E-state index is -0.356. The highest BCUT2D eigenvalue weighted by molar-refractivity contribution is 5.92. The molecular weight excluding hydrogens is 489 g/mol. The van der Waals surface area contributed by atoms with Crippen LogP contribution in [-0.2, 0) is 0 Å². The van der Waals surface area contributed by atoms with Crippen LogP contribution >= 0.6 is 0 Å². The molecule has 0 atom stereocenters. The van der Waals surface area contributed by atoms with Crippen LogP contribution in [0.25, 0.3) is 28.0 Å². The van der Waals surface area contributed by atoms with Crippen molar-refractivity contribution >= 4 is 28.7 Å². The zero-order valence-corrected chi connectivity index (χ0v) is 19.7. The number of aromatic nitrogens is 4. The number of halogens is 3. The molecule has 3 aromatic carbocycles. The molecule has 0 fully saturated rings. The highest BCUT2D eigenvalue weighted by atomic mass is 19.1. The van der Waals surface area contributed by atoms with Gasteiger partial charge in [0.1, 0.15) is 29.0 Å². The normalized spacial score (nSPS) is 11.0. The van der Waals surface area contributed by atoms with Gasteiger partial charge in [-0.3, -0.25) is 0 Å². The first kappa shape index (κ1) is 23.2. The quantitative estimate of drug-likeness (QED) is 0.246. The Kier molecular flexibility index (Phi) is 5.93. The van der Waals surface area contributed by atoms with Gasteiger partial charge in [0.25, 0.3) is 0 Å². The summed E-state index contributed by atoms with van der Waals surface area (Å²) < 4.78 is 42.2. The van der Waals surface area contributed by atoms with E-state index in [9.17, 15) is 13.2 Å². The summed E-state index contributed by atoms with van der Waals surface area (Å²) in [6.45, 7) is 0. The molecule has 0 aliphatic rings. The molecule has 6 nitrogen and oxygen atoms in total. The zero-order chi connectivity index (χ0) is 26.1. The fraction of sp³-hybridized carbons (Fsp3) is 0. The lowest BCUT2D eigenvalue weighted by molar-refractivity contribution is 0.627. The van der Waals surface area contributed by atoms with Crippen LogP contribution in [0.4, 0.5) is 36.3 Å². The summed E-state index contributed by atoms with van der Waals surface area (Å²) in [5, 5.41) is 11.2. The van der Waals surface area contributed by atoms with Crippen molar-refractivity contribution in [1.82, 2.24) is 19.6 Å².